The Bertz CT molecular complexity index is 772. The Kier molecular flexibility index (Phi) is 7.71. The van der Waals surface area contributed by atoms with E-state index in [4.69, 9.17) is 22.1 Å². The van der Waals surface area contributed by atoms with E-state index in [0.717, 1.165) is 55.9 Å². The second kappa shape index (κ2) is 10.5. The molecule has 150 valence electrons. The number of likely N-dealkylation sites (tertiary alicyclic amines) is 1. The van der Waals surface area contributed by atoms with E-state index in [1.54, 1.807) is 6.07 Å². The van der Waals surface area contributed by atoms with Crippen molar-refractivity contribution in [3.63, 3.8) is 0 Å². The van der Waals surface area contributed by atoms with Crippen LogP contribution in [0, 0.1) is 5.92 Å². The van der Waals surface area contributed by atoms with Crippen molar-refractivity contribution in [2.75, 3.05) is 38.6 Å². The summed E-state index contributed by atoms with van der Waals surface area (Å²) in [5, 5.41) is 9.57. The number of ether oxygens (including phenoxy) is 1. The molecule has 5 nitrogen and oxygen atoms in total. The van der Waals surface area contributed by atoms with Gasteiger partial charge in [0, 0.05) is 24.4 Å². The molecule has 2 aromatic carbocycles. The number of hydrogen-bond donors (Lipinski definition) is 2. The zero-order chi connectivity index (χ0) is 19.8. The Morgan fingerprint density at radius 2 is 1.86 bits per heavy atom. The van der Waals surface area contributed by atoms with Crippen molar-refractivity contribution in [3.8, 4) is 5.75 Å². The summed E-state index contributed by atoms with van der Waals surface area (Å²) in [6, 6.07) is 15.0. The maximum atomic E-state index is 9.20. The second-order valence-corrected chi connectivity index (χ2v) is 7.51. The van der Waals surface area contributed by atoms with Gasteiger partial charge in [0.05, 0.1) is 12.3 Å². The molecule has 0 aromatic heterocycles. The van der Waals surface area contributed by atoms with E-state index < -0.39 is 0 Å². The van der Waals surface area contributed by atoms with Crippen molar-refractivity contribution in [2.24, 2.45) is 10.9 Å². The first-order valence-corrected chi connectivity index (χ1v) is 10.2. The number of rotatable bonds is 8. The number of aliphatic hydroxyl groups is 1. The fourth-order valence-corrected chi connectivity index (χ4v) is 3.62. The Morgan fingerprint density at radius 1 is 1.14 bits per heavy atom. The summed E-state index contributed by atoms with van der Waals surface area (Å²) in [6.07, 6.45) is 3.18. The highest BCUT2D eigenvalue weighted by molar-refractivity contribution is 6.70. The predicted molar refractivity (Wildman–Crippen MR) is 116 cm³/mol. The highest BCUT2D eigenvalue weighted by atomic mass is 35.5. The number of hydrogen-bond acceptors (Lipinski definition) is 5. The number of nitrogen functional groups attached to an aromatic ring is 1. The summed E-state index contributed by atoms with van der Waals surface area (Å²) >= 11 is 6.30. The van der Waals surface area contributed by atoms with Crippen molar-refractivity contribution in [2.45, 2.75) is 19.3 Å². The average Bonchev–Trinajstić information content (AvgIpc) is 2.73. The predicted octanol–water partition coefficient (Wildman–Crippen LogP) is 4.06. The molecule has 0 unspecified atom stereocenters. The molecular formula is C22H28ClN3O2. The molecule has 1 fully saturated rings. The van der Waals surface area contributed by atoms with Gasteiger partial charge >= 0.3 is 0 Å². The van der Waals surface area contributed by atoms with Crippen LogP contribution in [0.2, 0.25) is 0 Å². The molecule has 0 spiro atoms. The van der Waals surface area contributed by atoms with E-state index in [-0.39, 0.29) is 0 Å². The second-order valence-electron chi connectivity index (χ2n) is 7.15. The fraction of sp³-hybridized carbons (Fsp3) is 0.409. The Balaban J connectivity index is 1.43. The van der Waals surface area contributed by atoms with Crippen LogP contribution < -0.4 is 10.5 Å². The molecule has 2 aromatic rings. The lowest BCUT2D eigenvalue weighted by molar-refractivity contribution is 0.126. The summed E-state index contributed by atoms with van der Waals surface area (Å²) in [5.41, 5.74) is 8.03. The monoisotopic (exact) mass is 401 g/mol. The van der Waals surface area contributed by atoms with Crippen LogP contribution >= 0.6 is 11.6 Å². The molecule has 0 amide bonds. The Morgan fingerprint density at radius 3 is 2.54 bits per heavy atom. The number of piperidine rings is 1. The van der Waals surface area contributed by atoms with Gasteiger partial charge in [0.15, 0.2) is 0 Å². The van der Waals surface area contributed by atoms with Gasteiger partial charge in [-0.2, -0.15) is 0 Å². The highest BCUT2D eigenvalue weighted by Gasteiger charge is 2.17. The van der Waals surface area contributed by atoms with Crippen molar-refractivity contribution in [3.05, 3.63) is 54.1 Å². The largest absolute Gasteiger partial charge is 0.494 e. The molecule has 0 bridgehead atoms. The molecule has 3 rings (SSSR count). The molecule has 3 N–H and O–H groups in total. The van der Waals surface area contributed by atoms with Crippen LogP contribution in [0.4, 0.5) is 11.4 Å². The van der Waals surface area contributed by atoms with Gasteiger partial charge in [-0.25, -0.2) is 4.99 Å². The standard InChI is InChI=1S/C22H28ClN3O2/c23-22(20-4-1-2-5-21(20)24)25-18-6-8-19(9-7-18)28-15-3-12-26-13-10-17(16-27)11-14-26/h1-2,4-9,17,27H,3,10-16,24H2. The molecule has 28 heavy (non-hydrogen) atoms. The van der Waals surface area contributed by atoms with E-state index in [9.17, 15) is 5.11 Å². The molecule has 1 saturated heterocycles. The number of aliphatic imine (C=N–C) groups is 1. The molecule has 0 saturated carbocycles. The van der Waals surface area contributed by atoms with Crippen molar-refractivity contribution >= 4 is 28.1 Å². The normalized spacial score (nSPS) is 16.3. The van der Waals surface area contributed by atoms with Crippen LogP contribution in [0.5, 0.6) is 5.75 Å². The maximum absolute atomic E-state index is 9.20. The van der Waals surface area contributed by atoms with Gasteiger partial charge in [-0.15, -0.1) is 0 Å². The third-order valence-electron chi connectivity index (χ3n) is 5.10. The minimum atomic E-state index is 0.320. The van der Waals surface area contributed by atoms with E-state index >= 15 is 0 Å². The van der Waals surface area contributed by atoms with E-state index in [1.165, 1.54) is 0 Å². The molecule has 1 aliphatic heterocycles. The SMILES string of the molecule is Nc1ccccc1C(Cl)=Nc1ccc(OCCCN2CCC(CO)CC2)cc1. The van der Waals surface area contributed by atoms with Gasteiger partial charge in [-0.05, 0) is 74.7 Å². The first-order valence-electron chi connectivity index (χ1n) is 9.81. The third-order valence-corrected chi connectivity index (χ3v) is 5.39. The molecule has 0 aliphatic carbocycles. The van der Waals surface area contributed by atoms with E-state index in [0.29, 0.717) is 30.0 Å². The number of aliphatic hydroxyl groups excluding tert-OH is 1. The number of nitrogens with two attached hydrogens (primary N) is 1. The van der Waals surface area contributed by atoms with Crippen molar-refractivity contribution in [1.82, 2.24) is 4.90 Å². The van der Waals surface area contributed by atoms with Crippen LogP contribution in [0.15, 0.2) is 53.5 Å². The summed E-state index contributed by atoms with van der Waals surface area (Å²) in [4.78, 5) is 6.87. The number of halogens is 1. The number of anilines is 1. The zero-order valence-corrected chi connectivity index (χ0v) is 16.8. The lowest BCUT2D eigenvalue weighted by atomic mass is 9.98. The minimum Gasteiger partial charge on any atom is -0.494 e. The summed E-state index contributed by atoms with van der Waals surface area (Å²) in [5.74, 6) is 1.31. The first kappa shape index (κ1) is 20.6. The lowest BCUT2D eigenvalue weighted by Crippen LogP contribution is -2.35. The van der Waals surface area contributed by atoms with Gasteiger partial charge in [-0.3, -0.25) is 0 Å². The van der Waals surface area contributed by atoms with Gasteiger partial charge in [0.1, 0.15) is 10.9 Å². The summed E-state index contributed by atoms with van der Waals surface area (Å²) in [6.45, 7) is 4.19. The number of nitrogens with zero attached hydrogens (tertiary/aromatic N) is 2. The lowest BCUT2D eigenvalue weighted by Gasteiger charge is -2.30. The third kappa shape index (κ3) is 5.96. The van der Waals surface area contributed by atoms with Crippen LogP contribution in [-0.4, -0.2) is 48.0 Å². The first-order chi connectivity index (χ1) is 13.7. The molecular weight excluding hydrogens is 374 g/mol. The number of para-hydroxylation sites is 1. The highest BCUT2D eigenvalue weighted by Crippen LogP contribution is 2.22. The van der Waals surface area contributed by atoms with Gasteiger partial charge in [0.2, 0.25) is 0 Å². The van der Waals surface area contributed by atoms with E-state index in [2.05, 4.69) is 9.89 Å². The fourth-order valence-electron chi connectivity index (χ4n) is 3.35. The van der Waals surface area contributed by atoms with Crippen LogP contribution in [0.25, 0.3) is 0 Å². The minimum absolute atomic E-state index is 0.320. The smallest absolute Gasteiger partial charge is 0.139 e. The van der Waals surface area contributed by atoms with Crippen molar-refractivity contribution in [1.29, 1.82) is 0 Å². The summed E-state index contributed by atoms with van der Waals surface area (Å²) in [7, 11) is 0. The molecule has 1 heterocycles. The quantitative estimate of drug-likeness (QED) is 0.397. The van der Waals surface area contributed by atoms with Gasteiger partial charge < -0.3 is 20.5 Å². The van der Waals surface area contributed by atoms with E-state index in [1.807, 2.05) is 42.5 Å². The molecule has 1 aliphatic rings. The summed E-state index contributed by atoms with van der Waals surface area (Å²) < 4.78 is 5.83. The molecule has 6 heteroatoms. The Hall–Kier alpha value is -2.08. The Labute approximate surface area is 171 Å². The topological polar surface area (TPSA) is 71.1 Å². The average molecular weight is 402 g/mol. The molecule has 0 atom stereocenters. The van der Waals surface area contributed by atoms with Crippen LogP contribution in [-0.2, 0) is 0 Å². The zero-order valence-electron chi connectivity index (χ0n) is 16.1. The van der Waals surface area contributed by atoms with Crippen LogP contribution in [0.3, 0.4) is 0 Å². The molecule has 0 radical (unpaired) electrons. The van der Waals surface area contributed by atoms with Crippen molar-refractivity contribution < 1.29 is 9.84 Å². The van der Waals surface area contributed by atoms with Gasteiger partial charge in [0.25, 0.3) is 0 Å². The van der Waals surface area contributed by atoms with Gasteiger partial charge in [-0.1, -0.05) is 23.7 Å². The van der Waals surface area contributed by atoms with Crippen LogP contribution in [0.1, 0.15) is 24.8 Å². The number of benzene rings is 2. The maximum Gasteiger partial charge on any atom is 0.139 e.